The summed E-state index contributed by atoms with van der Waals surface area (Å²) in [7, 11) is 0. The molecule has 0 saturated carbocycles. The van der Waals surface area contributed by atoms with Crippen molar-refractivity contribution in [2.24, 2.45) is 0 Å². The molecule has 0 spiro atoms. The van der Waals surface area contributed by atoms with Crippen molar-refractivity contribution in [3.63, 3.8) is 0 Å². The van der Waals surface area contributed by atoms with Gasteiger partial charge in [-0.25, -0.2) is 4.39 Å². The van der Waals surface area contributed by atoms with Crippen LogP contribution < -0.4 is 5.32 Å². The van der Waals surface area contributed by atoms with Gasteiger partial charge >= 0.3 is 0 Å². The first-order valence-corrected chi connectivity index (χ1v) is 6.48. The molecule has 1 aromatic carbocycles. The van der Waals surface area contributed by atoms with E-state index in [1.54, 1.807) is 6.07 Å². The fourth-order valence-corrected chi connectivity index (χ4v) is 2.03. The Balaban J connectivity index is 2.03. The van der Waals surface area contributed by atoms with Crippen LogP contribution in [0.5, 0.6) is 0 Å². The van der Waals surface area contributed by atoms with Gasteiger partial charge in [-0.15, -0.1) is 10.2 Å². The highest BCUT2D eigenvalue weighted by atomic mass is 32.1. The summed E-state index contributed by atoms with van der Waals surface area (Å²) in [4.78, 5) is 11.8. The smallest absolute Gasteiger partial charge is 0.260 e. The van der Waals surface area contributed by atoms with Crippen molar-refractivity contribution in [1.29, 1.82) is 0 Å². The Labute approximate surface area is 113 Å². The van der Waals surface area contributed by atoms with Gasteiger partial charge < -0.3 is 4.74 Å². The number of aromatic nitrogens is 2. The summed E-state index contributed by atoms with van der Waals surface area (Å²) in [6.45, 7) is 2.81. The number of hydrogen-bond acceptors (Lipinski definition) is 5. The zero-order valence-electron chi connectivity index (χ0n) is 10.2. The Kier molecular flexibility index (Phi) is 4.53. The van der Waals surface area contributed by atoms with Gasteiger partial charge in [0, 0.05) is 6.61 Å². The molecule has 0 fully saturated rings. The summed E-state index contributed by atoms with van der Waals surface area (Å²) < 4.78 is 18.6. The van der Waals surface area contributed by atoms with Gasteiger partial charge in [0.25, 0.3) is 5.91 Å². The Morgan fingerprint density at radius 3 is 2.95 bits per heavy atom. The first kappa shape index (κ1) is 13.6. The van der Waals surface area contributed by atoms with E-state index in [1.165, 1.54) is 29.5 Å². The average molecular weight is 281 g/mol. The lowest BCUT2D eigenvalue weighted by Gasteiger charge is -2.01. The lowest BCUT2D eigenvalue weighted by atomic mass is 10.2. The number of hydrogen-bond donors (Lipinski definition) is 1. The fraction of sp³-hybridized carbons (Fsp3) is 0.250. The first-order chi connectivity index (χ1) is 9.20. The number of anilines is 1. The third-order valence-corrected chi connectivity index (χ3v) is 3.05. The molecule has 0 unspecified atom stereocenters. The second kappa shape index (κ2) is 6.35. The number of halogens is 1. The predicted molar refractivity (Wildman–Crippen MR) is 69.6 cm³/mol. The van der Waals surface area contributed by atoms with Crippen molar-refractivity contribution >= 4 is 22.4 Å². The van der Waals surface area contributed by atoms with Crippen LogP contribution in [-0.2, 0) is 11.3 Å². The van der Waals surface area contributed by atoms with E-state index in [4.69, 9.17) is 4.74 Å². The standard InChI is InChI=1S/C12H12FN3O2S/c1-2-18-7-10-15-16-12(19-10)14-11(17)8-5-3-4-6-9(8)13/h3-6H,2,7H2,1H3,(H,14,16,17). The van der Waals surface area contributed by atoms with Crippen molar-refractivity contribution in [1.82, 2.24) is 10.2 Å². The summed E-state index contributed by atoms with van der Waals surface area (Å²) in [5.41, 5.74) is -0.0240. The maximum atomic E-state index is 13.4. The first-order valence-electron chi connectivity index (χ1n) is 5.66. The molecule has 1 amide bonds. The molecule has 2 rings (SSSR count). The molecule has 0 saturated heterocycles. The number of nitrogens with zero attached hydrogens (tertiary/aromatic N) is 2. The number of amides is 1. The normalized spacial score (nSPS) is 10.4. The minimum absolute atomic E-state index is 0.0240. The number of rotatable bonds is 5. The maximum Gasteiger partial charge on any atom is 0.260 e. The van der Waals surface area contributed by atoms with Gasteiger partial charge in [-0.1, -0.05) is 23.5 Å². The minimum atomic E-state index is -0.570. The Morgan fingerprint density at radius 1 is 1.42 bits per heavy atom. The van der Waals surface area contributed by atoms with Gasteiger partial charge in [0.05, 0.1) is 5.56 Å². The van der Waals surface area contributed by atoms with Gasteiger partial charge in [-0.05, 0) is 19.1 Å². The summed E-state index contributed by atoms with van der Waals surface area (Å²) in [6.07, 6.45) is 0. The number of nitrogens with one attached hydrogen (secondary N) is 1. The van der Waals surface area contributed by atoms with Crippen molar-refractivity contribution in [2.45, 2.75) is 13.5 Å². The predicted octanol–water partition coefficient (Wildman–Crippen LogP) is 2.47. The third-order valence-electron chi connectivity index (χ3n) is 2.24. The molecular weight excluding hydrogens is 269 g/mol. The van der Waals surface area contributed by atoms with E-state index >= 15 is 0 Å². The molecule has 2 aromatic rings. The molecule has 19 heavy (non-hydrogen) atoms. The highest BCUT2D eigenvalue weighted by Gasteiger charge is 2.13. The lowest BCUT2D eigenvalue weighted by molar-refractivity contribution is 0.102. The highest BCUT2D eigenvalue weighted by Crippen LogP contribution is 2.17. The lowest BCUT2D eigenvalue weighted by Crippen LogP contribution is -2.13. The third kappa shape index (κ3) is 3.55. The molecule has 0 aliphatic heterocycles. The van der Waals surface area contributed by atoms with E-state index in [1.807, 2.05) is 6.92 Å². The SMILES string of the molecule is CCOCc1nnc(NC(=O)c2ccccc2F)s1. The van der Waals surface area contributed by atoms with Crippen LogP contribution in [-0.4, -0.2) is 22.7 Å². The van der Waals surface area contributed by atoms with Crippen LogP contribution in [0.25, 0.3) is 0 Å². The topological polar surface area (TPSA) is 64.1 Å². The van der Waals surface area contributed by atoms with Crippen LogP contribution in [0.1, 0.15) is 22.3 Å². The van der Waals surface area contributed by atoms with Crippen molar-refractivity contribution in [3.05, 3.63) is 40.7 Å². The minimum Gasteiger partial charge on any atom is -0.374 e. The van der Waals surface area contributed by atoms with Gasteiger partial charge in [0.2, 0.25) is 5.13 Å². The van der Waals surface area contributed by atoms with Crippen LogP contribution in [0.2, 0.25) is 0 Å². The number of carbonyl (C=O) groups is 1. The van der Waals surface area contributed by atoms with Crippen LogP contribution in [0.3, 0.4) is 0 Å². The quantitative estimate of drug-likeness (QED) is 0.914. The molecule has 0 aliphatic carbocycles. The average Bonchev–Trinajstić information content (AvgIpc) is 2.84. The zero-order chi connectivity index (χ0) is 13.7. The second-order valence-corrected chi connectivity index (χ2v) is 4.63. The van der Waals surface area contributed by atoms with E-state index in [0.29, 0.717) is 23.4 Å². The largest absolute Gasteiger partial charge is 0.374 e. The Hall–Kier alpha value is -1.86. The summed E-state index contributed by atoms with van der Waals surface area (Å²) in [5, 5.41) is 11.1. The van der Waals surface area contributed by atoms with Crippen molar-refractivity contribution in [2.75, 3.05) is 11.9 Å². The van der Waals surface area contributed by atoms with Gasteiger partial charge in [-0.2, -0.15) is 0 Å². The van der Waals surface area contributed by atoms with E-state index in [0.717, 1.165) is 0 Å². The molecule has 0 bridgehead atoms. The summed E-state index contributed by atoms with van der Waals surface area (Å²) >= 11 is 1.20. The number of carbonyl (C=O) groups excluding carboxylic acids is 1. The maximum absolute atomic E-state index is 13.4. The van der Waals surface area contributed by atoms with Gasteiger partial charge in [-0.3, -0.25) is 10.1 Å². The molecule has 1 N–H and O–H groups in total. The van der Waals surface area contributed by atoms with E-state index in [9.17, 15) is 9.18 Å². The Bertz CT molecular complexity index is 574. The molecule has 0 atom stereocenters. The molecule has 1 aromatic heterocycles. The van der Waals surface area contributed by atoms with Gasteiger partial charge in [0.1, 0.15) is 17.4 Å². The monoisotopic (exact) mass is 281 g/mol. The van der Waals surface area contributed by atoms with E-state index in [2.05, 4.69) is 15.5 Å². The zero-order valence-corrected chi connectivity index (χ0v) is 11.0. The number of benzene rings is 1. The van der Waals surface area contributed by atoms with E-state index in [-0.39, 0.29) is 5.56 Å². The molecule has 0 radical (unpaired) electrons. The van der Waals surface area contributed by atoms with Crippen molar-refractivity contribution < 1.29 is 13.9 Å². The van der Waals surface area contributed by atoms with Crippen LogP contribution >= 0.6 is 11.3 Å². The molecule has 5 nitrogen and oxygen atoms in total. The molecule has 7 heteroatoms. The Morgan fingerprint density at radius 2 is 2.21 bits per heavy atom. The van der Waals surface area contributed by atoms with Crippen LogP contribution in [0, 0.1) is 5.82 Å². The number of ether oxygens (including phenoxy) is 1. The van der Waals surface area contributed by atoms with Crippen molar-refractivity contribution in [3.8, 4) is 0 Å². The molecule has 0 aliphatic rings. The van der Waals surface area contributed by atoms with Crippen LogP contribution in [0.4, 0.5) is 9.52 Å². The second-order valence-electron chi connectivity index (χ2n) is 3.57. The molecular formula is C12H12FN3O2S. The van der Waals surface area contributed by atoms with E-state index < -0.39 is 11.7 Å². The summed E-state index contributed by atoms with van der Waals surface area (Å²) in [6, 6.07) is 5.76. The highest BCUT2D eigenvalue weighted by molar-refractivity contribution is 7.15. The van der Waals surface area contributed by atoms with Gasteiger partial charge in [0.15, 0.2) is 0 Å². The fourth-order valence-electron chi connectivity index (χ4n) is 1.36. The molecule has 100 valence electrons. The van der Waals surface area contributed by atoms with Crippen LogP contribution in [0.15, 0.2) is 24.3 Å². The molecule has 1 heterocycles. The summed E-state index contributed by atoms with van der Waals surface area (Å²) in [5.74, 6) is -1.11.